The molecule has 0 aromatic heterocycles. The van der Waals surface area contributed by atoms with Crippen LogP contribution in [0.3, 0.4) is 0 Å². The molecule has 0 radical (unpaired) electrons. The molecule has 94 valence electrons. The number of rotatable bonds is 6. The van der Waals surface area contributed by atoms with Crippen LogP contribution in [-0.2, 0) is 9.47 Å². The highest BCUT2D eigenvalue weighted by Gasteiger charge is 2.20. The third-order valence-corrected chi connectivity index (χ3v) is 2.67. The molecule has 1 saturated heterocycles. The molecule has 0 spiro atoms. The standard InChI is InChI=1S/C13H18O4/c1-2-16-11-5-3-10(4-6-11)13(14)9-17-12-7-15-8-12/h3-6,12-14H,2,7-9H2,1H3. The van der Waals surface area contributed by atoms with Crippen molar-refractivity contribution in [1.29, 1.82) is 0 Å². The molecule has 1 fully saturated rings. The van der Waals surface area contributed by atoms with E-state index in [1.165, 1.54) is 0 Å². The van der Waals surface area contributed by atoms with Gasteiger partial charge >= 0.3 is 0 Å². The summed E-state index contributed by atoms with van der Waals surface area (Å²) in [5.74, 6) is 0.816. The van der Waals surface area contributed by atoms with Crippen LogP contribution in [0.5, 0.6) is 5.75 Å². The predicted molar refractivity (Wildman–Crippen MR) is 63.1 cm³/mol. The lowest BCUT2D eigenvalue weighted by molar-refractivity contribution is -0.143. The molecule has 4 nitrogen and oxygen atoms in total. The Morgan fingerprint density at radius 2 is 2.06 bits per heavy atom. The summed E-state index contributed by atoms with van der Waals surface area (Å²) >= 11 is 0. The molecule has 1 heterocycles. The Morgan fingerprint density at radius 3 is 2.59 bits per heavy atom. The summed E-state index contributed by atoms with van der Waals surface area (Å²) in [5, 5.41) is 9.90. The Kier molecular flexibility index (Phi) is 4.36. The maximum Gasteiger partial charge on any atom is 0.119 e. The summed E-state index contributed by atoms with van der Waals surface area (Å²) < 4.78 is 15.8. The highest BCUT2D eigenvalue weighted by Crippen LogP contribution is 2.19. The van der Waals surface area contributed by atoms with E-state index < -0.39 is 6.10 Å². The van der Waals surface area contributed by atoms with E-state index in [0.29, 0.717) is 26.4 Å². The number of ether oxygens (including phenoxy) is 3. The van der Waals surface area contributed by atoms with Crippen molar-refractivity contribution in [2.75, 3.05) is 26.4 Å². The van der Waals surface area contributed by atoms with Crippen molar-refractivity contribution >= 4 is 0 Å². The van der Waals surface area contributed by atoms with E-state index in [0.717, 1.165) is 11.3 Å². The largest absolute Gasteiger partial charge is 0.494 e. The highest BCUT2D eigenvalue weighted by molar-refractivity contribution is 5.28. The minimum absolute atomic E-state index is 0.146. The van der Waals surface area contributed by atoms with Crippen LogP contribution in [0.1, 0.15) is 18.6 Å². The van der Waals surface area contributed by atoms with Gasteiger partial charge in [0.05, 0.1) is 26.4 Å². The van der Waals surface area contributed by atoms with Gasteiger partial charge in [0.25, 0.3) is 0 Å². The van der Waals surface area contributed by atoms with Gasteiger partial charge in [-0.25, -0.2) is 0 Å². The first-order valence-corrected chi connectivity index (χ1v) is 5.89. The van der Waals surface area contributed by atoms with Crippen LogP contribution in [0.25, 0.3) is 0 Å². The second kappa shape index (κ2) is 6.00. The summed E-state index contributed by atoms with van der Waals surface area (Å²) in [6.07, 6.45) is -0.446. The van der Waals surface area contributed by atoms with Gasteiger partial charge in [-0.1, -0.05) is 12.1 Å². The third kappa shape index (κ3) is 3.43. The molecule has 1 aromatic carbocycles. The van der Waals surface area contributed by atoms with Crippen LogP contribution in [0.4, 0.5) is 0 Å². The Morgan fingerprint density at radius 1 is 1.35 bits per heavy atom. The lowest BCUT2D eigenvalue weighted by atomic mass is 10.1. The Bertz CT molecular complexity index is 332. The first-order chi connectivity index (χ1) is 8.29. The van der Waals surface area contributed by atoms with E-state index in [1.54, 1.807) is 0 Å². The zero-order valence-electron chi connectivity index (χ0n) is 9.96. The van der Waals surface area contributed by atoms with Gasteiger partial charge in [0.2, 0.25) is 0 Å². The number of aliphatic hydroxyl groups excluding tert-OH is 1. The van der Waals surface area contributed by atoms with E-state index >= 15 is 0 Å². The topological polar surface area (TPSA) is 47.9 Å². The van der Waals surface area contributed by atoms with Gasteiger partial charge in [0.1, 0.15) is 18.0 Å². The van der Waals surface area contributed by atoms with E-state index in [2.05, 4.69) is 0 Å². The average Bonchev–Trinajstić information content (AvgIpc) is 2.28. The molecule has 2 rings (SSSR count). The van der Waals surface area contributed by atoms with E-state index in [9.17, 15) is 5.11 Å². The van der Waals surface area contributed by atoms with Crippen LogP contribution in [0.15, 0.2) is 24.3 Å². The fourth-order valence-corrected chi connectivity index (χ4v) is 1.59. The van der Waals surface area contributed by atoms with Crippen molar-refractivity contribution < 1.29 is 19.3 Å². The maximum atomic E-state index is 9.90. The first-order valence-electron chi connectivity index (χ1n) is 5.89. The van der Waals surface area contributed by atoms with Gasteiger partial charge < -0.3 is 19.3 Å². The summed E-state index contributed by atoms with van der Waals surface area (Å²) in [6.45, 7) is 4.16. The monoisotopic (exact) mass is 238 g/mol. The highest BCUT2D eigenvalue weighted by atomic mass is 16.6. The number of aliphatic hydroxyl groups is 1. The number of hydrogen-bond donors (Lipinski definition) is 1. The van der Waals surface area contributed by atoms with Gasteiger partial charge in [0, 0.05) is 0 Å². The first kappa shape index (κ1) is 12.4. The lowest BCUT2D eigenvalue weighted by Crippen LogP contribution is -2.37. The molecule has 1 unspecified atom stereocenters. The molecule has 4 heteroatoms. The van der Waals surface area contributed by atoms with Crippen LogP contribution in [-0.4, -0.2) is 37.6 Å². The van der Waals surface area contributed by atoms with E-state index in [1.807, 2.05) is 31.2 Å². The molecular formula is C13H18O4. The molecule has 0 aliphatic carbocycles. The minimum atomic E-state index is -0.591. The molecule has 0 saturated carbocycles. The second-order valence-corrected chi connectivity index (χ2v) is 4.01. The molecule has 1 N–H and O–H groups in total. The third-order valence-electron chi connectivity index (χ3n) is 2.67. The number of benzene rings is 1. The minimum Gasteiger partial charge on any atom is -0.494 e. The molecular weight excluding hydrogens is 220 g/mol. The van der Waals surface area contributed by atoms with Gasteiger partial charge in [-0.15, -0.1) is 0 Å². The van der Waals surface area contributed by atoms with Crippen molar-refractivity contribution in [3.05, 3.63) is 29.8 Å². The zero-order chi connectivity index (χ0) is 12.1. The average molecular weight is 238 g/mol. The smallest absolute Gasteiger partial charge is 0.119 e. The van der Waals surface area contributed by atoms with Gasteiger partial charge in [-0.3, -0.25) is 0 Å². The molecule has 0 amide bonds. The van der Waals surface area contributed by atoms with Gasteiger partial charge in [-0.2, -0.15) is 0 Å². The normalized spacial score (nSPS) is 17.5. The molecule has 1 aliphatic heterocycles. The zero-order valence-corrected chi connectivity index (χ0v) is 9.96. The van der Waals surface area contributed by atoms with Crippen LogP contribution in [0.2, 0.25) is 0 Å². The Balaban J connectivity index is 1.82. The van der Waals surface area contributed by atoms with Crippen molar-refractivity contribution in [2.45, 2.75) is 19.1 Å². The van der Waals surface area contributed by atoms with Crippen molar-refractivity contribution in [3.8, 4) is 5.75 Å². The van der Waals surface area contributed by atoms with Crippen molar-refractivity contribution in [3.63, 3.8) is 0 Å². The van der Waals surface area contributed by atoms with Crippen molar-refractivity contribution in [2.24, 2.45) is 0 Å². The SMILES string of the molecule is CCOc1ccc(C(O)COC2COC2)cc1. The maximum absolute atomic E-state index is 9.90. The van der Waals surface area contributed by atoms with E-state index in [4.69, 9.17) is 14.2 Å². The molecule has 17 heavy (non-hydrogen) atoms. The Labute approximate surface area is 101 Å². The number of hydrogen-bond acceptors (Lipinski definition) is 4. The Hall–Kier alpha value is -1.10. The lowest BCUT2D eigenvalue weighted by Gasteiger charge is -2.27. The van der Waals surface area contributed by atoms with Crippen molar-refractivity contribution in [1.82, 2.24) is 0 Å². The quantitative estimate of drug-likeness (QED) is 0.816. The van der Waals surface area contributed by atoms with Gasteiger partial charge in [-0.05, 0) is 24.6 Å². The fraction of sp³-hybridized carbons (Fsp3) is 0.538. The van der Waals surface area contributed by atoms with E-state index in [-0.39, 0.29) is 6.10 Å². The molecule has 1 atom stereocenters. The molecule has 1 aromatic rings. The van der Waals surface area contributed by atoms with Gasteiger partial charge in [0.15, 0.2) is 0 Å². The van der Waals surface area contributed by atoms with Crippen LogP contribution in [0, 0.1) is 0 Å². The summed E-state index contributed by atoms with van der Waals surface area (Å²) in [5.41, 5.74) is 0.841. The second-order valence-electron chi connectivity index (χ2n) is 4.01. The predicted octanol–water partition coefficient (Wildman–Crippen LogP) is 1.53. The summed E-state index contributed by atoms with van der Waals surface area (Å²) in [7, 11) is 0. The summed E-state index contributed by atoms with van der Waals surface area (Å²) in [6, 6.07) is 7.43. The van der Waals surface area contributed by atoms with Crippen LogP contribution < -0.4 is 4.74 Å². The molecule has 1 aliphatic rings. The summed E-state index contributed by atoms with van der Waals surface area (Å²) in [4.78, 5) is 0. The molecule has 0 bridgehead atoms. The van der Waals surface area contributed by atoms with Crippen LogP contribution >= 0.6 is 0 Å². The fourth-order valence-electron chi connectivity index (χ4n) is 1.59.